The first-order valence-corrected chi connectivity index (χ1v) is 11.8. The van der Waals surface area contributed by atoms with Gasteiger partial charge in [0.15, 0.2) is 0 Å². The molecule has 0 bridgehead atoms. The number of piperazine rings is 1. The molecule has 1 amide bonds. The SMILES string of the molecule is CC(C)c1ccc(NC(=O)c2cnc(N3CCN(c4ccccn4)CC3)c3ccccc23)cc1. The maximum Gasteiger partial charge on any atom is 0.257 e. The van der Waals surface area contributed by atoms with Crippen LogP contribution in [0.2, 0.25) is 0 Å². The second-order valence-electron chi connectivity index (χ2n) is 8.93. The van der Waals surface area contributed by atoms with Crippen molar-refractivity contribution in [3.63, 3.8) is 0 Å². The van der Waals surface area contributed by atoms with E-state index in [1.165, 1.54) is 5.56 Å². The summed E-state index contributed by atoms with van der Waals surface area (Å²) in [6.45, 7) is 7.77. The highest BCUT2D eigenvalue weighted by Gasteiger charge is 2.22. The van der Waals surface area contributed by atoms with Crippen LogP contribution < -0.4 is 15.1 Å². The molecule has 3 heterocycles. The molecule has 1 saturated heterocycles. The highest BCUT2D eigenvalue weighted by molar-refractivity contribution is 6.14. The molecule has 1 fully saturated rings. The smallest absolute Gasteiger partial charge is 0.257 e. The summed E-state index contributed by atoms with van der Waals surface area (Å²) in [6.07, 6.45) is 3.54. The first-order chi connectivity index (χ1) is 16.6. The van der Waals surface area contributed by atoms with Crippen molar-refractivity contribution in [3.05, 3.63) is 90.3 Å². The van der Waals surface area contributed by atoms with E-state index in [9.17, 15) is 4.79 Å². The third-order valence-corrected chi connectivity index (χ3v) is 6.41. The number of rotatable bonds is 5. The summed E-state index contributed by atoms with van der Waals surface area (Å²) in [5.74, 6) is 2.24. The minimum atomic E-state index is -0.146. The summed E-state index contributed by atoms with van der Waals surface area (Å²) in [4.78, 5) is 27.0. The van der Waals surface area contributed by atoms with E-state index in [1.807, 2.05) is 54.7 Å². The number of hydrogen-bond acceptors (Lipinski definition) is 5. The van der Waals surface area contributed by atoms with Gasteiger partial charge < -0.3 is 15.1 Å². The molecule has 0 unspecified atom stereocenters. The van der Waals surface area contributed by atoms with E-state index < -0.39 is 0 Å². The molecule has 0 atom stereocenters. The first kappa shape index (κ1) is 21.9. The van der Waals surface area contributed by atoms with Gasteiger partial charge in [-0.05, 0) is 41.1 Å². The highest BCUT2D eigenvalue weighted by atomic mass is 16.1. The van der Waals surface area contributed by atoms with Crippen molar-refractivity contribution in [1.82, 2.24) is 9.97 Å². The van der Waals surface area contributed by atoms with Crippen LogP contribution in [0, 0.1) is 0 Å². The van der Waals surface area contributed by atoms with Gasteiger partial charge in [0, 0.05) is 49.6 Å². The van der Waals surface area contributed by atoms with Crippen molar-refractivity contribution < 1.29 is 4.79 Å². The quantitative estimate of drug-likeness (QED) is 0.444. The maximum atomic E-state index is 13.2. The molecule has 6 nitrogen and oxygen atoms in total. The topological polar surface area (TPSA) is 61.4 Å². The molecule has 1 aliphatic heterocycles. The number of nitrogens with one attached hydrogen (secondary N) is 1. The van der Waals surface area contributed by atoms with E-state index in [4.69, 9.17) is 4.98 Å². The van der Waals surface area contributed by atoms with Gasteiger partial charge in [0.25, 0.3) is 5.91 Å². The van der Waals surface area contributed by atoms with E-state index in [0.717, 1.165) is 54.3 Å². The Kier molecular flexibility index (Phi) is 6.12. The largest absolute Gasteiger partial charge is 0.353 e. The molecule has 2 aromatic carbocycles. The van der Waals surface area contributed by atoms with Gasteiger partial charge in [0.2, 0.25) is 0 Å². The fourth-order valence-electron chi connectivity index (χ4n) is 4.45. The maximum absolute atomic E-state index is 13.2. The van der Waals surface area contributed by atoms with Gasteiger partial charge in [0.1, 0.15) is 11.6 Å². The number of fused-ring (bicyclic) bond motifs is 1. The number of amides is 1. The summed E-state index contributed by atoms with van der Waals surface area (Å²) in [6, 6.07) is 22.1. The molecule has 0 aliphatic carbocycles. The molecular weight excluding hydrogens is 422 g/mol. The summed E-state index contributed by atoms with van der Waals surface area (Å²) < 4.78 is 0. The molecule has 34 heavy (non-hydrogen) atoms. The number of aromatic nitrogens is 2. The zero-order valence-electron chi connectivity index (χ0n) is 19.6. The number of carbonyl (C=O) groups is 1. The summed E-state index contributed by atoms with van der Waals surface area (Å²) in [7, 11) is 0. The Morgan fingerprint density at radius 2 is 1.50 bits per heavy atom. The van der Waals surface area contributed by atoms with Gasteiger partial charge in [0.05, 0.1) is 5.56 Å². The summed E-state index contributed by atoms with van der Waals surface area (Å²) in [5, 5.41) is 4.94. The lowest BCUT2D eigenvalue weighted by molar-refractivity contribution is 0.102. The Labute approximate surface area is 200 Å². The van der Waals surface area contributed by atoms with Gasteiger partial charge in [-0.25, -0.2) is 9.97 Å². The second kappa shape index (κ2) is 9.51. The van der Waals surface area contributed by atoms with E-state index in [2.05, 4.69) is 52.1 Å². The van der Waals surface area contributed by atoms with Crippen LogP contribution in [-0.2, 0) is 0 Å². The monoisotopic (exact) mass is 451 g/mol. The molecule has 6 heteroatoms. The van der Waals surface area contributed by atoms with E-state index in [1.54, 1.807) is 6.20 Å². The molecule has 1 aliphatic rings. The van der Waals surface area contributed by atoms with E-state index >= 15 is 0 Å². The molecule has 5 rings (SSSR count). The molecule has 1 N–H and O–H groups in total. The number of carbonyl (C=O) groups excluding carboxylic acids is 1. The van der Waals surface area contributed by atoms with Crippen LogP contribution in [0.5, 0.6) is 0 Å². The third kappa shape index (κ3) is 4.44. The molecule has 4 aromatic rings. The van der Waals surface area contributed by atoms with Crippen LogP contribution in [0.4, 0.5) is 17.3 Å². The number of benzene rings is 2. The highest BCUT2D eigenvalue weighted by Crippen LogP contribution is 2.29. The van der Waals surface area contributed by atoms with Crippen LogP contribution >= 0.6 is 0 Å². The standard InChI is InChI=1S/C28H29N5O/c1-20(2)21-10-12-22(13-11-21)31-28(34)25-19-30-27(24-8-4-3-7-23(24)25)33-17-15-32(16-18-33)26-9-5-6-14-29-26/h3-14,19-20H,15-18H2,1-2H3,(H,31,34). The predicted molar refractivity (Wildman–Crippen MR) is 139 cm³/mol. The Bertz CT molecular complexity index is 1280. The van der Waals surface area contributed by atoms with Crippen molar-refractivity contribution in [3.8, 4) is 0 Å². The predicted octanol–water partition coefficient (Wildman–Crippen LogP) is 5.33. The minimum Gasteiger partial charge on any atom is -0.353 e. The van der Waals surface area contributed by atoms with Crippen LogP contribution in [0.1, 0.15) is 35.7 Å². The van der Waals surface area contributed by atoms with Crippen molar-refractivity contribution in [1.29, 1.82) is 0 Å². The lowest BCUT2D eigenvalue weighted by Crippen LogP contribution is -2.47. The van der Waals surface area contributed by atoms with Crippen LogP contribution in [0.15, 0.2) is 79.1 Å². The Hall–Kier alpha value is -3.93. The Morgan fingerprint density at radius 3 is 2.18 bits per heavy atom. The van der Waals surface area contributed by atoms with Crippen LogP contribution in [-0.4, -0.2) is 42.1 Å². The molecule has 0 spiro atoms. The van der Waals surface area contributed by atoms with Gasteiger partial charge in [-0.3, -0.25) is 4.79 Å². The average Bonchev–Trinajstić information content (AvgIpc) is 2.89. The van der Waals surface area contributed by atoms with Gasteiger partial charge in [-0.15, -0.1) is 0 Å². The van der Waals surface area contributed by atoms with Crippen molar-refractivity contribution >= 4 is 34.0 Å². The lowest BCUT2D eigenvalue weighted by Gasteiger charge is -2.36. The summed E-state index contributed by atoms with van der Waals surface area (Å²) >= 11 is 0. The first-order valence-electron chi connectivity index (χ1n) is 11.8. The minimum absolute atomic E-state index is 0.146. The zero-order valence-corrected chi connectivity index (χ0v) is 19.6. The van der Waals surface area contributed by atoms with Crippen molar-refractivity contribution in [2.24, 2.45) is 0 Å². The molecular formula is C28H29N5O. The normalized spacial score (nSPS) is 14.0. The Morgan fingerprint density at radius 1 is 0.824 bits per heavy atom. The third-order valence-electron chi connectivity index (χ3n) is 6.41. The zero-order chi connectivity index (χ0) is 23.5. The molecule has 0 radical (unpaired) electrons. The van der Waals surface area contributed by atoms with Gasteiger partial charge in [-0.1, -0.05) is 56.3 Å². The van der Waals surface area contributed by atoms with E-state index in [0.29, 0.717) is 11.5 Å². The van der Waals surface area contributed by atoms with Gasteiger partial charge >= 0.3 is 0 Å². The number of hydrogen-bond donors (Lipinski definition) is 1. The molecule has 0 saturated carbocycles. The number of anilines is 3. The molecule has 2 aromatic heterocycles. The molecule has 172 valence electrons. The average molecular weight is 452 g/mol. The lowest BCUT2D eigenvalue weighted by atomic mass is 10.0. The number of pyridine rings is 2. The van der Waals surface area contributed by atoms with Crippen molar-refractivity contribution in [2.45, 2.75) is 19.8 Å². The second-order valence-corrected chi connectivity index (χ2v) is 8.93. The summed E-state index contributed by atoms with van der Waals surface area (Å²) in [5.41, 5.74) is 2.62. The fraction of sp³-hybridized carbons (Fsp3) is 0.250. The van der Waals surface area contributed by atoms with Gasteiger partial charge in [-0.2, -0.15) is 0 Å². The van der Waals surface area contributed by atoms with E-state index in [-0.39, 0.29) is 5.91 Å². The van der Waals surface area contributed by atoms with Crippen LogP contribution in [0.25, 0.3) is 10.8 Å². The fourth-order valence-corrected chi connectivity index (χ4v) is 4.45. The van der Waals surface area contributed by atoms with Crippen LogP contribution in [0.3, 0.4) is 0 Å². The van der Waals surface area contributed by atoms with Crippen molar-refractivity contribution in [2.75, 3.05) is 41.3 Å². The Balaban J connectivity index is 1.36. The number of nitrogens with zero attached hydrogens (tertiary/aromatic N) is 4.